The van der Waals surface area contributed by atoms with Crippen molar-refractivity contribution in [3.05, 3.63) is 89.2 Å². The van der Waals surface area contributed by atoms with Crippen molar-refractivity contribution in [2.45, 2.75) is 51.0 Å². The van der Waals surface area contributed by atoms with Crippen LogP contribution < -0.4 is 0 Å². The number of carbonyl (C=O) groups is 4. The molecule has 7 rings (SSSR count). The molecule has 45 heavy (non-hydrogen) atoms. The maximum absolute atomic E-state index is 13.9. The summed E-state index contributed by atoms with van der Waals surface area (Å²) in [6.45, 7) is 0.553. The van der Waals surface area contributed by atoms with E-state index in [9.17, 15) is 19.2 Å². The Bertz CT molecular complexity index is 1680. The van der Waals surface area contributed by atoms with Crippen LogP contribution in [0.3, 0.4) is 0 Å². The molecule has 4 bridgehead atoms. The third-order valence-electron chi connectivity index (χ3n) is 8.36. The molecule has 0 spiro atoms. The Morgan fingerprint density at radius 1 is 0.578 bits per heavy atom. The second kappa shape index (κ2) is 11.9. The second-order valence-electron chi connectivity index (χ2n) is 11.2. The number of benzene rings is 2. The molecule has 0 unspecified atom stereocenters. The zero-order valence-electron chi connectivity index (χ0n) is 24.3. The summed E-state index contributed by atoms with van der Waals surface area (Å²) in [6, 6.07) is 17.3. The smallest absolute Gasteiger partial charge is 0.329 e. The Morgan fingerprint density at radius 2 is 1.02 bits per heavy atom. The minimum atomic E-state index is -0.766. The molecule has 0 saturated carbocycles. The SMILES string of the molecule is O=C1OCc2cccc(n2)COC(=O)[C@@H]2CCCN2C(=O)c2ccccc2-c2nnc(o2)-c2ccccc2C(=O)N2CCC[C@@H]12. The van der Waals surface area contributed by atoms with Crippen LogP contribution in [0.2, 0.25) is 0 Å². The Labute approximate surface area is 258 Å². The normalized spacial score (nSPS) is 20.6. The lowest BCUT2D eigenvalue weighted by atomic mass is 10.1. The van der Waals surface area contributed by atoms with Crippen molar-refractivity contribution in [3.8, 4) is 22.9 Å². The molecule has 4 aromatic rings. The van der Waals surface area contributed by atoms with Gasteiger partial charge in [-0.3, -0.25) is 14.6 Å². The Morgan fingerprint density at radius 3 is 1.49 bits per heavy atom. The minimum absolute atomic E-state index is 0.0882. The fourth-order valence-electron chi connectivity index (χ4n) is 6.14. The Kier molecular flexibility index (Phi) is 7.54. The van der Waals surface area contributed by atoms with Gasteiger partial charge in [-0.2, -0.15) is 0 Å². The zero-order chi connectivity index (χ0) is 30.9. The molecule has 12 heteroatoms. The maximum Gasteiger partial charge on any atom is 0.329 e. The number of pyridine rings is 1. The predicted molar refractivity (Wildman–Crippen MR) is 157 cm³/mol. The highest BCUT2D eigenvalue weighted by Gasteiger charge is 2.38. The first-order valence-electron chi connectivity index (χ1n) is 14.9. The molecule has 2 saturated heterocycles. The maximum atomic E-state index is 13.9. The zero-order valence-corrected chi connectivity index (χ0v) is 24.3. The molecule has 12 nitrogen and oxygen atoms in total. The summed E-state index contributed by atoms with van der Waals surface area (Å²) >= 11 is 0. The van der Waals surface area contributed by atoms with Crippen LogP contribution in [-0.2, 0) is 32.3 Å². The highest BCUT2D eigenvalue weighted by Crippen LogP contribution is 2.32. The molecule has 0 aliphatic carbocycles. The molecular formula is C33H29N5O7. The summed E-state index contributed by atoms with van der Waals surface area (Å²) < 4.78 is 17.3. The van der Waals surface area contributed by atoms with Crippen LogP contribution in [0.5, 0.6) is 0 Å². The van der Waals surface area contributed by atoms with Gasteiger partial charge in [0.15, 0.2) is 0 Å². The molecule has 228 valence electrons. The van der Waals surface area contributed by atoms with Crippen molar-refractivity contribution in [3.63, 3.8) is 0 Å². The average Bonchev–Trinajstić information content (AvgIpc) is 3.87. The fourth-order valence-corrected chi connectivity index (χ4v) is 6.14. The number of ether oxygens (including phenoxy) is 2. The number of cyclic esters (lactones) is 2. The number of rotatable bonds is 0. The summed E-state index contributed by atoms with van der Waals surface area (Å²) in [5.41, 5.74) is 2.34. The van der Waals surface area contributed by atoms with Crippen LogP contribution in [0, 0.1) is 0 Å². The van der Waals surface area contributed by atoms with Gasteiger partial charge in [0.25, 0.3) is 11.8 Å². The Hall–Kier alpha value is -5.39. The molecule has 3 aliphatic heterocycles. The predicted octanol–water partition coefficient (Wildman–Crippen LogP) is 3.81. The van der Waals surface area contributed by atoms with Gasteiger partial charge < -0.3 is 23.7 Å². The van der Waals surface area contributed by atoms with E-state index in [0.29, 0.717) is 72.4 Å². The number of aromatic nitrogens is 3. The number of fused-ring (bicyclic) bond motifs is 10. The van der Waals surface area contributed by atoms with Gasteiger partial charge in [-0.05, 0) is 62.1 Å². The first kappa shape index (κ1) is 28.4. The number of hydrogen-bond donors (Lipinski definition) is 0. The van der Waals surface area contributed by atoms with Gasteiger partial charge in [-0.15, -0.1) is 10.2 Å². The molecule has 5 heterocycles. The van der Waals surface area contributed by atoms with Crippen LogP contribution >= 0.6 is 0 Å². The molecule has 2 aromatic carbocycles. The number of nitrogens with zero attached hydrogens (tertiary/aromatic N) is 5. The third kappa shape index (κ3) is 5.43. The number of amides is 2. The standard InChI is InChI=1S/C33H29N5O7/c39-30-24-12-3-1-10-22(24)28-35-36-29(45-28)23-11-2-4-13-25(23)31(40)38-17-7-15-27(38)33(42)44-19-21-9-5-8-20(34-21)18-43-32(41)26-14-6-16-37(26)30/h1-5,8-13,26-27H,6-7,14-19H2/t26-,27-/m0/s1. The topological polar surface area (TPSA) is 145 Å². The number of carbonyl (C=O) groups excluding carboxylic acids is 4. The summed E-state index contributed by atoms with van der Waals surface area (Å²) in [4.78, 5) is 61.6. The molecule has 2 amide bonds. The molecule has 2 atom stereocenters. The quantitative estimate of drug-likeness (QED) is 0.271. The van der Waals surface area contributed by atoms with Gasteiger partial charge in [0.1, 0.15) is 25.3 Å². The molecule has 0 radical (unpaired) electrons. The van der Waals surface area contributed by atoms with Crippen molar-refractivity contribution in [2.24, 2.45) is 0 Å². The van der Waals surface area contributed by atoms with Gasteiger partial charge in [-0.25, -0.2) is 9.59 Å². The van der Waals surface area contributed by atoms with E-state index >= 15 is 0 Å². The van der Waals surface area contributed by atoms with E-state index in [1.807, 2.05) is 0 Å². The van der Waals surface area contributed by atoms with Crippen LogP contribution in [0.15, 0.2) is 71.1 Å². The van der Waals surface area contributed by atoms with E-state index < -0.39 is 24.0 Å². The fraction of sp³-hybridized carbons (Fsp3) is 0.303. The lowest BCUT2D eigenvalue weighted by Gasteiger charge is -2.24. The lowest BCUT2D eigenvalue weighted by molar-refractivity contribution is -0.150. The van der Waals surface area contributed by atoms with E-state index in [-0.39, 0.29) is 36.8 Å². The largest absolute Gasteiger partial charge is 0.458 e. The third-order valence-corrected chi connectivity index (χ3v) is 8.36. The van der Waals surface area contributed by atoms with Crippen molar-refractivity contribution in [1.29, 1.82) is 0 Å². The second-order valence-corrected chi connectivity index (χ2v) is 11.2. The highest BCUT2D eigenvalue weighted by molar-refractivity contribution is 6.03. The summed E-state index contributed by atoms with van der Waals surface area (Å²) in [7, 11) is 0. The molecular weight excluding hydrogens is 578 g/mol. The van der Waals surface area contributed by atoms with Gasteiger partial charge >= 0.3 is 11.9 Å². The monoisotopic (exact) mass is 607 g/mol. The summed E-state index contributed by atoms with van der Waals surface area (Å²) in [5, 5.41) is 8.45. The first-order valence-corrected chi connectivity index (χ1v) is 14.9. The van der Waals surface area contributed by atoms with Gasteiger partial charge in [0, 0.05) is 13.1 Å². The Balaban J connectivity index is 1.29. The number of esters is 2. The van der Waals surface area contributed by atoms with E-state index in [4.69, 9.17) is 13.9 Å². The van der Waals surface area contributed by atoms with Crippen LogP contribution in [0.25, 0.3) is 22.9 Å². The van der Waals surface area contributed by atoms with Crippen molar-refractivity contribution in [2.75, 3.05) is 13.1 Å². The molecule has 2 aromatic heterocycles. The van der Waals surface area contributed by atoms with Crippen LogP contribution in [0.1, 0.15) is 57.8 Å². The van der Waals surface area contributed by atoms with Crippen LogP contribution in [-0.4, -0.2) is 73.9 Å². The average molecular weight is 608 g/mol. The number of hydrogen-bond acceptors (Lipinski definition) is 10. The first-order chi connectivity index (χ1) is 22.0. The van der Waals surface area contributed by atoms with E-state index in [2.05, 4.69) is 15.2 Å². The van der Waals surface area contributed by atoms with Gasteiger partial charge in [-0.1, -0.05) is 30.3 Å². The summed E-state index contributed by atoms with van der Waals surface area (Å²) in [5.74, 6) is -1.59. The summed E-state index contributed by atoms with van der Waals surface area (Å²) in [6.07, 6.45) is 2.20. The van der Waals surface area contributed by atoms with Gasteiger partial charge in [0.05, 0.1) is 33.6 Å². The van der Waals surface area contributed by atoms with E-state index in [0.717, 1.165) is 0 Å². The van der Waals surface area contributed by atoms with E-state index in [1.54, 1.807) is 66.7 Å². The molecule has 0 N–H and O–H groups in total. The van der Waals surface area contributed by atoms with Crippen molar-refractivity contribution < 1.29 is 33.1 Å². The highest BCUT2D eigenvalue weighted by atomic mass is 16.5. The van der Waals surface area contributed by atoms with Crippen molar-refractivity contribution in [1.82, 2.24) is 25.0 Å². The van der Waals surface area contributed by atoms with Gasteiger partial charge in [0.2, 0.25) is 11.8 Å². The van der Waals surface area contributed by atoms with Crippen LogP contribution in [0.4, 0.5) is 0 Å². The molecule has 3 aliphatic rings. The lowest BCUT2D eigenvalue weighted by Crippen LogP contribution is -2.41. The van der Waals surface area contributed by atoms with E-state index in [1.165, 1.54) is 9.80 Å². The molecule has 2 fully saturated rings. The minimum Gasteiger partial charge on any atom is -0.458 e. The van der Waals surface area contributed by atoms with Crippen molar-refractivity contribution >= 4 is 23.8 Å².